The monoisotopic (exact) mass is 223 g/mol. The van der Waals surface area contributed by atoms with Crippen LogP contribution in [0.1, 0.15) is 33.1 Å². The van der Waals surface area contributed by atoms with Gasteiger partial charge in [-0.05, 0) is 13.3 Å². The van der Waals surface area contributed by atoms with Crippen molar-refractivity contribution in [2.45, 2.75) is 39.2 Å². The molecule has 2 N–H and O–H groups in total. The largest absolute Gasteiger partial charge is 0.480 e. The van der Waals surface area contributed by atoms with Gasteiger partial charge in [-0.2, -0.15) is 0 Å². The Labute approximate surface area is 84.6 Å². The van der Waals surface area contributed by atoms with E-state index in [0.717, 1.165) is 6.42 Å². The standard InChI is InChI=1S/C8H17NO4S/c1-3-5-6-7(8(10)11)9-14(12,13)4-2/h7,9H,3-6H2,1-2H3,(H,10,11). The molecule has 0 saturated carbocycles. The molecule has 0 aliphatic heterocycles. The maximum absolute atomic E-state index is 11.1. The topological polar surface area (TPSA) is 83.5 Å². The molecule has 0 fully saturated rings. The fourth-order valence-corrected chi connectivity index (χ4v) is 1.76. The Morgan fingerprint density at radius 1 is 1.43 bits per heavy atom. The van der Waals surface area contributed by atoms with Gasteiger partial charge in [-0.15, -0.1) is 0 Å². The lowest BCUT2D eigenvalue weighted by molar-refractivity contribution is -0.139. The normalized spacial score (nSPS) is 13.9. The third kappa shape index (κ3) is 5.18. The summed E-state index contributed by atoms with van der Waals surface area (Å²) in [6.07, 6.45) is 1.88. The Balaban J connectivity index is 4.31. The number of unbranched alkanes of at least 4 members (excludes halogenated alkanes) is 1. The number of carboxylic acid groups (broad SMARTS) is 1. The number of carbonyl (C=O) groups is 1. The van der Waals surface area contributed by atoms with Crippen molar-refractivity contribution in [2.24, 2.45) is 0 Å². The van der Waals surface area contributed by atoms with E-state index in [9.17, 15) is 13.2 Å². The highest BCUT2D eigenvalue weighted by molar-refractivity contribution is 7.89. The second-order valence-electron chi connectivity index (χ2n) is 3.05. The van der Waals surface area contributed by atoms with Gasteiger partial charge in [-0.1, -0.05) is 19.8 Å². The molecule has 6 heteroatoms. The van der Waals surface area contributed by atoms with Crippen molar-refractivity contribution >= 4 is 16.0 Å². The van der Waals surface area contributed by atoms with Crippen LogP contribution in [0.25, 0.3) is 0 Å². The molecule has 0 spiro atoms. The van der Waals surface area contributed by atoms with Gasteiger partial charge in [0.2, 0.25) is 10.0 Å². The first-order valence-electron chi connectivity index (χ1n) is 4.65. The first-order chi connectivity index (χ1) is 6.43. The van der Waals surface area contributed by atoms with E-state index in [1.807, 2.05) is 6.92 Å². The molecule has 0 aromatic heterocycles. The fourth-order valence-electron chi connectivity index (χ4n) is 0.941. The first-order valence-corrected chi connectivity index (χ1v) is 6.31. The molecule has 84 valence electrons. The SMILES string of the molecule is CCCCC(NS(=O)(=O)CC)C(=O)O. The molecule has 14 heavy (non-hydrogen) atoms. The van der Waals surface area contributed by atoms with Crippen molar-refractivity contribution in [3.05, 3.63) is 0 Å². The van der Waals surface area contributed by atoms with E-state index in [1.54, 1.807) is 0 Å². The summed E-state index contributed by atoms with van der Waals surface area (Å²) in [6.45, 7) is 3.40. The molecular weight excluding hydrogens is 206 g/mol. The highest BCUT2D eigenvalue weighted by atomic mass is 32.2. The molecule has 0 aliphatic carbocycles. The number of carboxylic acids is 1. The second-order valence-corrected chi connectivity index (χ2v) is 5.10. The molecule has 0 amide bonds. The highest BCUT2D eigenvalue weighted by Gasteiger charge is 2.21. The van der Waals surface area contributed by atoms with Gasteiger partial charge in [0.15, 0.2) is 0 Å². The van der Waals surface area contributed by atoms with E-state index in [4.69, 9.17) is 5.11 Å². The summed E-state index contributed by atoms with van der Waals surface area (Å²) in [5.74, 6) is -1.21. The average Bonchev–Trinajstić information content (AvgIpc) is 2.12. The van der Waals surface area contributed by atoms with Crippen LogP contribution in [0, 0.1) is 0 Å². The van der Waals surface area contributed by atoms with Crippen LogP contribution in [0.2, 0.25) is 0 Å². The van der Waals surface area contributed by atoms with Crippen molar-refractivity contribution in [1.82, 2.24) is 4.72 Å². The highest BCUT2D eigenvalue weighted by Crippen LogP contribution is 2.02. The molecule has 0 rings (SSSR count). The molecule has 1 unspecified atom stereocenters. The Morgan fingerprint density at radius 2 is 2.00 bits per heavy atom. The molecule has 0 heterocycles. The molecule has 5 nitrogen and oxygen atoms in total. The van der Waals surface area contributed by atoms with Crippen molar-refractivity contribution in [2.75, 3.05) is 5.75 Å². The summed E-state index contributed by atoms with van der Waals surface area (Å²) < 4.78 is 24.4. The van der Waals surface area contributed by atoms with Crippen LogP contribution < -0.4 is 4.72 Å². The lowest BCUT2D eigenvalue weighted by atomic mass is 10.1. The van der Waals surface area contributed by atoms with E-state index >= 15 is 0 Å². The minimum absolute atomic E-state index is 0.0943. The van der Waals surface area contributed by atoms with Crippen molar-refractivity contribution in [3.8, 4) is 0 Å². The Hall–Kier alpha value is -0.620. The van der Waals surface area contributed by atoms with Crippen LogP contribution in [0.3, 0.4) is 0 Å². The van der Waals surface area contributed by atoms with Crippen LogP contribution in [-0.2, 0) is 14.8 Å². The first kappa shape index (κ1) is 13.4. The molecule has 1 atom stereocenters. The van der Waals surface area contributed by atoms with Crippen molar-refractivity contribution < 1.29 is 18.3 Å². The molecule has 0 aromatic carbocycles. The summed E-state index contributed by atoms with van der Waals surface area (Å²) in [7, 11) is -3.42. The quantitative estimate of drug-likeness (QED) is 0.661. The van der Waals surface area contributed by atoms with E-state index in [-0.39, 0.29) is 5.75 Å². The van der Waals surface area contributed by atoms with Crippen LogP contribution in [0.4, 0.5) is 0 Å². The zero-order chi connectivity index (χ0) is 11.2. The Morgan fingerprint density at radius 3 is 2.36 bits per heavy atom. The van der Waals surface area contributed by atoms with Gasteiger partial charge >= 0.3 is 5.97 Å². The predicted octanol–water partition coefficient (Wildman–Crippen LogP) is 0.569. The number of hydrogen-bond donors (Lipinski definition) is 2. The van der Waals surface area contributed by atoms with E-state index in [0.29, 0.717) is 12.8 Å². The van der Waals surface area contributed by atoms with Crippen molar-refractivity contribution in [3.63, 3.8) is 0 Å². The minimum atomic E-state index is -3.42. The lowest BCUT2D eigenvalue weighted by Gasteiger charge is -2.13. The molecule has 0 aromatic rings. The number of rotatable bonds is 7. The number of aliphatic carboxylic acids is 1. The number of nitrogens with one attached hydrogen (secondary N) is 1. The van der Waals surface area contributed by atoms with Crippen LogP contribution >= 0.6 is 0 Å². The maximum Gasteiger partial charge on any atom is 0.321 e. The van der Waals surface area contributed by atoms with Gasteiger partial charge in [0, 0.05) is 0 Å². The zero-order valence-electron chi connectivity index (χ0n) is 8.49. The molecule has 0 aliphatic rings. The smallest absolute Gasteiger partial charge is 0.321 e. The maximum atomic E-state index is 11.1. The number of hydrogen-bond acceptors (Lipinski definition) is 3. The second kappa shape index (κ2) is 5.98. The summed E-state index contributed by atoms with van der Waals surface area (Å²) in [5, 5.41) is 8.73. The molecule has 0 saturated heterocycles. The third-order valence-electron chi connectivity index (χ3n) is 1.85. The van der Waals surface area contributed by atoms with Gasteiger partial charge < -0.3 is 5.11 Å². The van der Waals surface area contributed by atoms with E-state index in [2.05, 4.69) is 4.72 Å². The molecule has 0 bridgehead atoms. The third-order valence-corrected chi connectivity index (χ3v) is 3.25. The Kier molecular flexibility index (Phi) is 5.71. The lowest BCUT2D eigenvalue weighted by Crippen LogP contribution is -2.41. The Bertz CT molecular complexity index is 273. The van der Waals surface area contributed by atoms with E-state index in [1.165, 1.54) is 6.92 Å². The van der Waals surface area contributed by atoms with Crippen LogP contribution in [0.15, 0.2) is 0 Å². The number of sulfonamides is 1. The van der Waals surface area contributed by atoms with Gasteiger partial charge in [0.25, 0.3) is 0 Å². The summed E-state index contributed by atoms with van der Waals surface area (Å²) >= 11 is 0. The van der Waals surface area contributed by atoms with Gasteiger partial charge in [0.05, 0.1) is 5.75 Å². The van der Waals surface area contributed by atoms with Crippen molar-refractivity contribution in [1.29, 1.82) is 0 Å². The predicted molar refractivity (Wildman–Crippen MR) is 53.5 cm³/mol. The summed E-state index contributed by atoms with van der Waals surface area (Å²) in [4.78, 5) is 10.7. The molecular formula is C8H17NO4S. The fraction of sp³-hybridized carbons (Fsp3) is 0.875. The van der Waals surface area contributed by atoms with Crippen LogP contribution in [0.5, 0.6) is 0 Å². The van der Waals surface area contributed by atoms with Gasteiger partial charge in [-0.3, -0.25) is 4.79 Å². The minimum Gasteiger partial charge on any atom is -0.480 e. The van der Waals surface area contributed by atoms with Crippen LogP contribution in [-0.4, -0.2) is 31.3 Å². The summed E-state index contributed by atoms with van der Waals surface area (Å²) in [5.41, 5.74) is 0. The van der Waals surface area contributed by atoms with Gasteiger partial charge in [0.1, 0.15) is 6.04 Å². The molecule has 0 radical (unpaired) electrons. The van der Waals surface area contributed by atoms with E-state index < -0.39 is 22.0 Å². The zero-order valence-corrected chi connectivity index (χ0v) is 9.30. The average molecular weight is 223 g/mol. The summed E-state index contributed by atoms with van der Waals surface area (Å²) in [6, 6.07) is -0.986. The van der Waals surface area contributed by atoms with Gasteiger partial charge in [-0.25, -0.2) is 13.1 Å².